The third-order valence-electron chi connectivity index (χ3n) is 5.26. The molecular weight excluding hydrogens is 320 g/mol. The number of carboxylic acid groups (broad SMARTS) is 1. The van der Waals surface area contributed by atoms with Crippen LogP contribution >= 0.6 is 0 Å². The van der Waals surface area contributed by atoms with Crippen molar-refractivity contribution in [2.45, 2.75) is 83.0 Å². The second kappa shape index (κ2) is 9.97. The van der Waals surface area contributed by atoms with Gasteiger partial charge in [0.05, 0.1) is 18.0 Å². The van der Waals surface area contributed by atoms with Crippen LogP contribution in [0.1, 0.15) is 64.7 Å². The standard InChI is InChI=1S/C20H32O5/c1-2-3-4-7-14(21)10-11-16-17-12-15(8-5-6-9-20(23)24)25-19(17)13-18(16)22/h8,10-11,14,16-19,21-22H,2-7,9,12-13H2,1H3,(H,23,24)/t14-,16+,17?,18+,19?/m0/s1. The summed E-state index contributed by atoms with van der Waals surface area (Å²) in [6.07, 6.45) is 12.0. The van der Waals surface area contributed by atoms with Crippen molar-refractivity contribution in [2.24, 2.45) is 11.8 Å². The van der Waals surface area contributed by atoms with Gasteiger partial charge in [0.1, 0.15) is 6.10 Å². The molecule has 3 N–H and O–H groups in total. The first-order chi connectivity index (χ1) is 12.0. The molecule has 5 nitrogen and oxygen atoms in total. The first kappa shape index (κ1) is 20.0. The van der Waals surface area contributed by atoms with Crippen molar-refractivity contribution >= 4 is 5.97 Å². The Morgan fingerprint density at radius 1 is 1.36 bits per heavy atom. The van der Waals surface area contributed by atoms with Crippen LogP contribution in [-0.2, 0) is 9.53 Å². The maximum atomic E-state index is 10.5. The molecule has 0 aromatic carbocycles. The van der Waals surface area contributed by atoms with Gasteiger partial charge in [-0.15, -0.1) is 0 Å². The number of unbranched alkanes of at least 4 members (excludes halogenated alkanes) is 3. The Kier molecular flexibility index (Phi) is 7.97. The minimum Gasteiger partial charge on any atom is -0.495 e. The average Bonchev–Trinajstić information content (AvgIpc) is 3.06. The zero-order valence-electron chi connectivity index (χ0n) is 15.1. The Balaban J connectivity index is 1.83. The van der Waals surface area contributed by atoms with Crippen molar-refractivity contribution in [2.75, 3.05) is 0 Å². The van der Waals surface area contributed by atoms with Gasteiger partial charge in [-0.3, -0.25) is 4.79 Å². The number of aliphatic carboxylic acids is 1. The number of hydrogen-bond donors (Lipinski definition) is 3. The number of aliphatic hydroxyl groups excluding tert-OH is 2. The fourth-order valence-corrected chi connectivity index (χ4v) is 3.86. The molecule has 1 aliphatic carbocycles. The molecule has 0 radical (unpaired) electrons. The van der Waals surface area contributed by atoms with E-state index in [-0.39, 0.29) is 24.4 Å². The predicted octanol–water partition coefficient (Wildman–Crippen LogP) is 3.41. The molecule has 0 spiro atoms. The molecule has 0 aromatic rings. The zero-order valence-corrected chi connectivity index (χ0v) is 15.1. The van der Waals surface area contributed by atoms with E-state index in [9.17, 15) is 15.0 Å². The molecule has 0 aromatic heterocycles. The van der Waals surface area contributed by atoms with Gasteiger partial charge in [-0.05, 0) is 25.3 Å². The monoisotopic (exact) mass is 352 g/mol. The first-order valence-corrected chi connectivity index (χ1v) is 9.63. The molecule has 1 saturated carbocycles. The normalized spacial score (nSPS) is 31.4. The van der Waals surface area contributed by atoms with E-state index in [2.05, 4.69) is 6.92 Å². The number of allylic oxidation sites excluding steroid dienone is 2. The van der Waals surface area contributed by atoms with Crippen LogP contribution in [0.2, 0.25) is 0 Å². The minimum absolute atomic E-state index is 0.0238. The van der Waals surface area contributed by atoms with Crippen LogP contribution < -0.4 is 0 Å². The van der Waals surface area contributed by atoms with E-state index in [0.29, 0.717) is 19.3 Å². The summed E-state index contributed by atoms with van der Waals surface area (Å²) in [6, 6.07) is 0. The highest BCUT2D eigenvalue weighted by Crippen LogP contribution is 2.45. The molecule has 25 heavy (non-hydrogen) atoms. The second-order valence-corrected chi connectivity index (χ2v) is 7.31. The molecule has 2 aliphatic rings. The zero-order chi connectivity index (χ0) is 18.2. The molecular formula is C20H32O5. The highest BCUT2D eigenvalue weighted by atomic mass is 16.5. The Labute approximate surface area is 150 Å². The van der Waals surface area contributed by atoms with E-state index >= 15 is 0 Å². The van der Waals surface area contributed by atoms with Gasteiger partial charge in [0.15, 0.2) is 0 Å². The lowest BCUT2D eigenvalue weighted by atomic mass is 9.90. The SMILES string of the molecule is CCCCC[C@H](O)C=C[C@@H]1C2CC(=CCCCC(=O)O)OC2C[C@H]1O. The van der Waals surface area contributed by atoms with E-state index in [0.717, 1.165) is 37.9 Å². The van der Waals surface area contributed by atoms with Crippen LogP contribution in [0.15, 0.2) is 24.0 Å². The quantitative estimate of drug-likeness (QED) is 0.414. The molecule has 5 atom stereocenters. The Bertz CT molecular complexity index is 484. The number of carbonyl (C=O) groups is 1. The highest BCUT2D eigenvalue weighted by molar-refractivity contribution is 5.66. The van der Waals surface area contributed by atoms with E-state index in [1.54, 1.807) is 0 Å². The highest BCUT2D eigenvalue weighted by Gasteiger charge is 2.46. The molecule has 1 saturated heterocycles. The van der Waals surface area contributed by atoms with Crippen LogP contribution in [-0.4, -0.2) is 39.6 Å². The summed E-state index contributed by atoms with van der Waals surface area (Å²) in [5.74, 6) is 0.429. The smallest absolute Gasteiger partial charge is 0.303 e. The summed E-state index contributed by atoms with van der Waals surface area (Å²) in [4.78, 5) is 10.5. The molecule has 2 unspecified atom stereocenters. The van der Waals surface area contributed by atoms with Gasteiger partial charge >= 0.3 is 5.97 Å². The number of aliphatic hydroxyl groups is 2. The van der Waals surface area contributed by atoms with Gasteiger partial charge in [-0.1, -0.05) is 38.3 Å². The topological polar surface area (TPSA) is 87.0 Å². The fourth-order valence-electron chi connectivity index (χ4n) is 3.86. The van der Waals surface area contributed by atoms with E-state index in [1.165, 1.54) is 0 Å². The van der Waals surface area contributed by atoms with Crippen molar-refractivity contribution in [3.05, 3.63) is 24.0 Å². The molecule has 0 bridgehead atoms. The second-order valence-electron chi connectivity index (χ2n) is 7.31. The van der Waals surface area contributed by atoms with Crippen molar-refractivity contribution in [3.63, 3.8) is 0 Å². The summed E-state index contributed by atoms with van der Waals surface area (Å²) >= 11 is 0. The number of ether oxygens (including phenoxy) is 1. The third kappa shape index (κ3) is 6.15. The van der Waals surface area contributed by atoms with Crippen LogP contribution in [0.5, 0.6) is 0 Å². The fraction of sp³-hybridized carbons (Fsp3) is 0.750. The summed E-state index contributed by atoms with van der Waals surface area (Å²) in [5.41, 5.74) is 0. The summed E-state index contributed by atoms with van der Waals surface area (Å²) in [5, 5.41) is 29.0. The van der Waals surface area contributed by atoms with E-state index < -0.39 is 18.2 Å². The number of carboxylic acids is 1. The number of rotatable bonds is 10. The van der Waals surface area contributed by atoms with Crippen LogP contribution in [0.4, 0.5) is 0 Å². The van der Waals surface area contributed by atoms with Crippen LogP contribution in [0, 0.1) is 11.8 Å². The molecule has 1 aliphatic heterocycles. The summed E-state index contributed by atoms with van der Waals surface area (Å²) in [7, 11) is 0. The van der Waals surface area contributed by atoms with Crippen molar-refractivity contribution in [1.82, 2.24) is 0 Å². The molecule has 2 rings (SSSR count). The number of fused-ring (bicyclic) bond motifs is 1. The third-order valence-corrected chi connectivity index (χ3v) is 5.26. The summed E-state index contributed by atoms with van der Waals surface area (Å²) < 4.78 is 5.94. The Morgan fingerprint density at radius 3 is 2.88 bits per heavy atom. The van der Waals surface area contributed by atoms with E-state index in [4.69, 9.17) is 9.84 Å². The molecule has 1 heterocycles. The average molecular weight is 352 g/mol. The van der Waals surface area contributed by atoms with Gasteiger partial charge in [0.2, 0.25) is 0 Å². The molecule has 0 amide bonds. The van der Waals surface area contributed by atoms with Crippen molar-refractivity contribution < 1.29 is 24.9 Å². The van der Waals surface area contributed by atoms with Crippen molar-refractivity contribution in [1.29, 1.82) is 0 Å². The molecule has 2 fully saturated rings. The lowest BCUT2D eigenvalue weighted by Gasteiger charge is -2.16. The van der Waals surface area contributed by atoms with Crippen LogP contribution in [0.25, 0.3) is 0 Å². The first-order valence-electron chi connectivity index (χ1n) is 9.63. The van der Waals surface area contributed by atoms with Gasteiger partial charge in [0.25, 0.3) is 0 Å². The maximum Gasteiger partial charge on any atom is 0.303 e. The number of hydrogen-bond acceptors (Lipinski definition) is 4. The van der Waals surface area contributed by atoms with Gasteiger partial charge in [-0.2, -0.15) is 0 Å². The molecule has 142 valence electrons. The lowest BCUT2D eigenvalue weighted by Crippen LogP contribution is -2.18. The maximum absolute atomic E-state index is 10.5. The Hall–Kier alpha value is -1.33. The van der Waals surface area contributed by atoms with Gasteiger partial charge in [-0.25, -0.2) is 0 Å². The summed E-state index contributed by atoms with van der Waals surface area (Å²) in [6.45, 7) is 2.14. The lowest BCUT2D eigenvalue weighted by molar-refractivity contribution is -0.137. The Morgan fingerprint density at radius 2 is 2.16 bits per heavy atom. The largest absolute Gasteiger partial charge is 0.495 e. The molecule has 5 heteroatoms. The van der Waals surface area contributed by atoms with Gasteiger partial charge < -0.3 is 20.1 Å². The van der Waals surface area contributed by atoms with Gasteiger partial charge in [0, 0.05) is 31.1 Å². The minimum atomic E-state index is -0.770. The van der Waals surface area contributed by atoms with Crippen LogP contribution in [0.3, 0.4) is 0 Å². The van der Waals surface area contributed by atoms with E-state index in [1.807, 2.05) is 18.2 Å². The predicted molar refractivity (Wildman–Crippen MR) is 96.0 cm³/mol. The van der Waals surface area contributed by atoms with Crippen molar-refractivity contribution in [3.8, 4) is 0 Å².